The van der Waals surface area contributed by atoms with E-state index < -0.39 is 5.54 Å². The molecule has 3 unspecified atom stereocenters. The summed E-state index contributed by atoms with van der Waals surface area (Å²) in [6.07, 6.45) is 0. The molecule has 1 aliphatic carbocycles. The Kier molecular flexibility index (Phi) is 6.65. The van der Waals surface area contributed by atoms with Gasteiger partial charge < -0.3 is 5.32 Å². The van der Waals surface area contributed by atoms with Crippen LogP contribution in [-0.4, -0.2) is 5.71 Å². The van der Waals surface area contributed by atoms with Crippen LogP contribution in [0.25, 0.3) is 16.8 Å². The monoisotopic (exact) mass is 616 g/mol. The molecule has 2 heterocycles. The van der Waals surface area contributed by atoms with Gasteiger partial charge in [0.2, 0.25) is 0 Å². The van der Waals surface area contributed by atoms with E-state index >= 15 is 0 Å². The SMILES string of the molecule is Cc1ccc(C23N=C(c4ccccc4)C(c4ccccc4)=C2C2C(c4ccccc4)=C(c4ccccc4)NC2c2cc(C)ccc23)cc1. The number of allylic oxidation sites excluding steroid dienone is 1. The Labute approximate surface area is 282 Å². The Morgan fingerprint density at radius 2 is 1.08 bits per heavy atom. The first kappa shape index (κ1) is 28.5. The van der Waals surface area contributed by atoms with Gasteiger partial charge in [0.15, 0.2) is 0 Å². The van der Waals surface area contributed by atoms with Gasteiger partial charge in [-0.3, -0.25) is 4.99 Å². The lowest BCUT2D eigenvalue weighted by Gasteiger charge is -2.44. The quantitative estimate of drug-likeness (QED) is 0.205. The topological polar surface area (TPSA) is 24.4 Å². The highest BCUT2D eigenvalue weighted by molar-refractivity contribution is 6.35. The number of fused-ring (bicyclic) bond motifs is 6. The maximum Gasteiger partial charge on any atom is 0.134 e. The molecule has 1 N–H and O–H groups in total. The Bertz CT molecular complexity index is 2250. The van der Waals surface area contributed by atoms with Gasteiger partial charge >= 0.3 is 0 Å². The van der Waals surface area contributed by atoms with E-state index in [-0.39, 0.29) is 12.0 Å². The molecule has 0 radical (unpaired) electrons. The number of nitrogens with one attached hydrogen (secondary N) is 1. The van der Waals surface area contributed by atoms with Gasteiger partial charge in [0.1, 0.15) is 5.54 Å². The third kappa shape index (κ3) is 4.29. The maximum atomic E-state index is 6.02. The normalized spacial score (nSPS) is 20.9. The fourth-order valence-electron chi connectivity index (χ4n) is 8.31. The first-order chi connectivity index (χ1) is 23.6. The third-order valence-corrected chi connectivity index (χ3v) is 10.4. The van der Waals surface area contributed by atoms with Crippen LogP contribution in [0, 0.1) is 19.8 Å². The summed E-state index contributed by atoms with van der Waals surface area (Å²) in [5, 5.41) is 4.15. The molecule has 2 heteroatoms. The average molecular weight is 617 g/mol. The van der Waals surface area contributed by atoms with Gasteiger partial charge in [-0.05, 0) is 58.4 Å². The highest BCUT2D eigenvalue weighted by Gasteiger charge is 2.58. The molecule has 3 aliphatic rings. The minimum absolute atomic E-state index is 0.0124. The molecule has 0 spiro atoms. The molecule has 0 bridgehead atoms. The molecule has 0 aromatic heterocycles. The maximum absolute atomic E-state index is 6.02. The van der Waals surface area contributed by atoms with E-state index in [1.54, 1.807) is 0 Å². The molecule has 3 atom stereocenters. The average Bonchev–Trinajstić information content (AvgIpc) is 3.72. The van der Waals surface area contributed by atoms with Crippen molar-refractivity contribution in [1.82, 2.24) is 5.32 Å². The predicted octanol–water partition coefficient (Wildman–Crippen LogP) is 10.3. The van der Waals surface area contributed by atoms with Crippen molar-refractivity contribution in [2.24, 2.45) is 10.9 Å². The molecule has 0 fully saturated rings. The second kappa shape index (κ2) is 11.2. The second-order valence-electron chi connectivity index (χ2n) is 13.3. The van der Waals surface area contributed by atoms with E-state index in [9.17, 15) is 0 Å². The molecule has 6 aromatic rings. The van der Waals surface area contributed by atoms with Crippen LogP contribution in [0.5, 0.6) is 0 Å². The van der Waals surface area contributed by atoms with E-state index in [2.05, 4.69) is 183 Å². The van der Waals surface area contributed by atoms with Crippen LogP contribution in [0.2, 0.25) is 0 Å². The Balaban J connectivity index is 1.48. The number of nitrogens with zero attached hydrogens (tertiary/aromatic N) is 1. The molecule has 6 aromatic carbocycles. The summed E-state index contributed by atoms with van der Waals surface area (Å²) in [6.45, 7) is 4.37. The van der Waals surface area contributed by atoms with Crippen LogP contribution in [-0.2, 0) is 5.54 Å². The summed E-state index contributed by atoms with van der Waals surface area (Å²) in [5.41, 5.74) is 16.4. The molecule has 230 valence electrons. The minimum atomic E-state index is -0.720. The summed E-state index contributed by atoms with van der Waals surface area (Å²) in [4.78, 5) is 6.02. The van der Waals surface area contributed by atoms with Crippen LogP contribution in [0.4, 0.5) is 0 Å². The Morgan fingerprint density at radius 3 is 1.71 bits per heavy atom. The van der Waals surface area contributed by atoms with Gasteiger partial charge in [0.25, 0.3) is 0 Å². The van der Waals surface area contributed by atoms with Crippen molar-refractivity contribution in [3.63, 3.8) is 0 Å². The van der Waals surface area contributed by atoms with Gasteiger partial charge in [-0.15, -0.1) is 0 Å². The summed E-state index contributed by atoms with van der Waals surface area (Å²) in [7, 11) is 0. The number of hydrogen-bond acceptors (Lipinski definition) is 2. The largest absolute Gasteiger partial charge is 0.377 e. The van der Waals surface area contributed by atoms with E-state index in [1.807, 2.05) is 0 Å². The van der Waals surface area contributed by atoms with E-state index in [0.29, 0.717) is 0 Å². The van der Waals surface area contributed by atoms with Crippen LogP contribution in [0.1, 0.15) is 56.1 Å². The lowest BCUT2D eigenvalue weighted by atomic mass is 9.61. The summed E-state index contributed by atoms with van der Waals surface area (Å²) in [6, 6.07) is 59.8. The van der Waals surface area contributed by atoms with Crippen molar-refractivity contribution in [3.05, 3.63) is 219 Å². The fourth-order valence-corrected chi connectivity index (χ4v) is 8.31. The number of aryl methyl sites for hydroxylation is 2. The Hall–Kier alpha value is -5.73. The van der Waals surface area contributed by atoms with Gasteiger partial charge in [-0.25, -0.2) is 0 Å². The van der Waals surface area contributed by atoms with Crippen molar-refractivity contribution >= 4 is 22.6 Å². The summed E-state index contributed by atoms with van der Waals surface area (Å²) in [5.74, 6) is 0.0124. The molecule has 0 saturated carbocycles. The fraction of sp³-hybridized carbons (Fsp3) is 0.109. The molecule has 48 heavy (non-hydrogen) atoms. The van der Waals surface area contributed by atoms with Crippen LogP contribution >= 0.6 is 0 Å². The lowest BCUT2D eigenvalue weighted by Crippen LogP contribution is -2.40. The van der Waals surface area contributed by atoms with E-state index in [0.717, 1.165) is 11.3 Å². The number of hydrogen-bond donors (Lipinski definition) is 1. The molecular formula is C46H36N2. The van der Waals surface area contributed by atoms with E-state index in [1.165, 1.54) is 66.9 Å². The van der Waals surface area contributed by atoms with Crippen molar-refractivity contribution < 1.29 is 0 Å². The molecular weight excluding hydrogens is 581 g/mol. The molecule has 0 amide bonds. The number of benzene rings is 6. The third-order valence-electron chi connectivity index (χ3n) is 10.4. The predicted molar refractivity (Wildman–Crippen MR) is 199 cm³/mol. The first-order valence-electron chi connectivity index (χ1n) is 16.9. The van der Waals surface area contributed by atoms with Gasteiger partial charge in [0.05, 0.1) is 11.8 Å². The number of rotatable bonds is 5. The number of aliphatic imine (C=N–C) groups is 1. The highest BCUT2D eigenvalue weighted by Crippen LogP contribution is 2.64. The van der Waals surface area contributed by atoms with E-state index in [4.69, 9.17) is 4.99 Å². The molecule has 2 aliphatic heterocycles. The standard InChI is InChI=1S/C46H36N2/c1-30-23-26-36(27-24-30)46-38-28-25-31(2)29-37(38)45-41(39(32-15-7-3-8-16-32)43(47-45)34-19-11-5-12-20-34)42(46)40(33-17-9-4-10-18-33)44(48-46)35-21-13-6-14-22-35/h3-29,41,45,47H,1-2H3. The van der Waals surface area contributed by atoms with Crippen molar-refractivity contribution in [1.29, 1.82) is 0 Å². The zero-order valence-electron chi connectivity index (χ0n) is 27.2. The second-order valence-corrected chi connectivity index (χ2v) is 13.3. The zero-order valence-corrected chi connectivity index (χ0v) is 27.2. The lowest BCUT2D eigenvalue weighted by molar-refractivity contribution is 0.457. The highest BCUT2D eigenvalue weighted by atomic mass is 15.0. The van der Waals surface area contributed by atoms with Crippen LogP contribution < -0.4 is 5.32 Å². The van der Waals surface area contributed by atoms with Crippen LogP contribution in [0.15, 0.2) is 174 Å². The van der Waals surface area contributed by atoms with Crippen molar-refractivity contribution in [2.75, 3.05) is 0 Å². The summed E-state index contributed by atoms with van der Waals surface area (Å²) >= 11 is 0. The zero-order chi connectivity index (χ0) is 32.2. The molecule has 2 nitrogen and oxygen atoms in total. The minimum Gasteiger partial charge on any atom is -0.377 e. The smallest absolute Gasteiger partial charge is 0.134 e. The van der Waals surface area contributed by atoms with Crippen LogP contribution in [0.3, 0.4) is 0 Å². The first-order valence-corrected chi connectivity index (χ1v) is 16.9. The van der Waals surface area contributed by atoms with Gasteiger partial charge in [-0.2, -0.15) is 0 Å². The van der Waals surface area contributed by atoms with Crippen molar-refractivity contribution in [3.8, 4) is 0 Å². The Morgan fingerprint density at radius 1 is 0.542 bits per heavy atom. The summed E-state index contributed by atoms with van der Waals surface area (Å²) < 4.78 is 0. The molecule has 9 rings (SSSR count). The van der Waals surface area contributed by atoms with Crippen molar-refractivity contribution in [2.45, 2.75) is 25.4 Å². The van der Waals surface area contributed by atoms with Gasteiger partial charge in [0, 0.05) is 22.8 Å². The van der Waals surface area contributed by atoms with Gasteiger partial charge in [-0.1, -0.05) is 175 Å². The molecule has 0 saturated heterocycles.